The van der Waals surface area contributed by atoms with Gasteiger partial charge in [0.2, 0.25) is 0 Å². The number of hydrogen-bond donors (Lipinski definition) is 1. The van der Waals surface area contributed by atoms with Gasteiger partial charge in [-0.2, -0.15) is 0 Å². The van der Waals surface area contributed by atoms with E-state index in [0.29, 0.717) is 0 Å². The van der Waals surface area contributed by atoms with Gasteiger partial charge in [-0.15, -0.1) is 0 Å². The highest BCUT2D eigenvalue weighted by molar-refractivity contribution is 5.14. The minimum Gasteiger partial charge on any atom is -0.390 e. The molecule has 24 heavy (non-hydrogen) atoms. The summed E-state index contributed by atoms with van der Waals surface area (Å²) in [4.78, 5) is 4.84. The Labute approximate surface area is 147 Å². The molecule has 0 radical (unpaired) electrons. The van der Waals surface area contributed by atoms with Crippen molar-refractivity contribution in [2.75, 3.05) is 26.7 Å². The van der Waals surface area contributed by atoms with Crippen LogP contribution in [0.1, 0.15) is 50.5 Å². The van der Waals surface area contributed by atoms with Crippen LogP contribution in [-0.2, 0) is 6.54 Å². The molecule has 1 aromatic carbocycles. The zero-order valence-electron chi connectivity index (χ0n) is 15.2. The molecule has 0 amide bonds. The molecule has 0 bridgehead atoms. The van der Waals surface area contributed by atoms with Gasteiger partial charge in [0.15, 0.2) is 0 Å². The van der Waals surface area contributed by atoms with Gasteiger partial charge in [-0.25, -0.2) is 0 Å². The molecule has 0 spiro atoms. The summed E-state index contributed by atoms with van der Waals surface area (Å²) >= 11 is 0. The average molecular weight is 331 g/mol. The summed E-state index contributed by atoms with van der Waals surface area (Å²) in [5.41, 5.74) is 1.31. The molecule has 0 aliphatic heterocycles. The van der Waals surface area contributed by atoms with E-state index in [0.717, 1.165) is 31.6 Å². The third kappa shape index (κ3) is 5.87. The van der Waals surface area contributed by atoms with E-state index in [1.807, 2.05) is 0 Å². The number of hydrogen-bond acceptors (Lipinski definition) is 3. The third-order valence-corrected chi connectivity index (χ3v) is 5.54. The molecule has 0 saturated heterocycles. The van der Waals surface area contributed by atoms with E-state index in [-0.39, 0.29) is 6.10 Å². The highest BCUT2D eigenvalue weighted by Gasteiger charge is 2.32. The van der Waals surface area contributed by atoms with Gasteiger partial charge in [0.1, 0.15) is 0 Å². The second-order valence-corrected chi connectivity index (χ2v) is 8.03. The predicted molar refractivity (Wildman–Crippen MR) is 100.0 cm³/mol. The first-order valence-electron chi connectivity index (χ1n) is 9.85. The van der Waals surface area contributed by atoms with Crippen LogP contribution >= 0.6 is 0 Å². The number of aliphatic hydroxyl groups is 1. The van der Waals surface area contributed by atoms with Crippen molar-refractivity contribution >= 4 is 0 Å². The van der Waals surface area contributed by atoms with Crippen LogP contribution in [0.2, 0.25) is 0 Å². The monoisotopic (exact) mass is 330 g/mol. The Kier molecular flexibility index (Phi) is 6.70. The Balaban J connectivity index is 1.43. The Morgan fingerprint density at radius 1 is 1.00 bits per heavy atom. The van der Waals surface area contributed by atoms with E-state index >= 15 is 0 Å². The van der Waals surface area contributed by atoms with E-state index in [4.69, 9.17) is 0 Å². The van der Waals surface area contributed by atoms with Crippen LogP contribution in [-0.4, -0.2) is 53.7 Å². The lowest BCUT2D eigenvalue weighted by molar-refractivity contribution is 0.0667. The van der Waals surface area contributed by atoms with E-state index < -0.39 is 0 Å². The lowest BCUT2D eigenvalue weighted by Gasteiger charge is -2.32. The minimum absolute atomic E-state index is 0.247. The number of benzene rings is 1. The van der Waals surface area contributed by atoms with Crippen molar-refractivity contribution in [3.05, 3.63) is 35.9 Å². The molecular formula is C21H34N2O. The molecule has 1 unspecified atom stereocenters. The van der Waals surface area contributed by atoms with Crippen LogP contribution in [0, 0.1) is 5.92 Å². The molecule has 1 N–H and O–H groups in total. The van der Waals surface area contributed by atoms with Crippen molar-refractivity contribution in [2.45, 2.75) is 63.6 Å². The first kappa shape index (κ1) is 17.9. The molecule has 3 nitrogen and oxygen atoms in total. The highest BCUT2D eigenvalue weighted by atomic mass is 16.3. The van der Waals surface area contributed by atoms with Gasteiger partial charge >= 0.3 is 0 Å². The van der Waals surface area contributed by atoms with Crippen LogP contribution in [0.15, 0.2) is 30.3 Å². The Morgan fingerprint density at radius 2 is 1.71 bits per heavy atom. The van der Waals surface area contributed by atoms with Crippen molar-refractivity contribution in [1.29, 1.82) is 0 Å². The second-order valence-electron chi connectivity index (χ2n) is 8.03. The van der Waals surface area contributed by atoms with Gasteiger partial charge in [0.05, 0.1) is 6.10 Å². The molecule has 134 valence electrons. The Morgan fingerprint density at radius 3 is 2.38 bits per heavy atom. The fraction of sp³-hybridized carbons (Fsp3) is 0.714. The molecule has 3 heteroatoms. The summed E-state index contributed by atoms with van der Waals surface area (Å²) in [5.74, 6) is 0.869. The van der Waals surface area contributed by atoms with Crippen molar-refractivity contribution in [1.82, 2.24) is 9.80 Å². The van der Waals surface area contributed by atoms with Crippen LogP contribution in [0.4, 0.5) is 0 Å². The molecule has 0 aromatic heterocycles. The lowest BCUT2D eigenvalue weighted by Crippen LogP contribution is -2.42. The quantitative estimate of drug-likeness (QED) is 0.750. The van der Waals surface area contributed by atoms with Crippen LogP contribution < -0.4 is 0 Å². The van der Waals surface area contributed by atoms with E-state index in [1.165, 1.54) is 57.1 Å². The second kappa shape index (κ2) is 8.98. The topological polar surface area (TPSA) is 26.7 Å². The van der Waals surface area contributed by atoms with E-state index in [1.54, 1.807) is 0 Å². The minimum atomic E-state index is -0.247. The summed E-state index contributed by atoms with van der Waals surface area (Å²) in [6.45, 7) is 3.72. The summed E-state index contributed by atoms with van der Waals surface area (Å²) in [6, 6.07) is 11.3. The Bertz CT molecular complexity index is 468. The largest absolute Gasteiger partial charge is 0.390 e. The lowest BCUT2D eigenvalue weighted by atomic mass is 9.89. The molecular weight excluding hydrogens is 296 g/mol. The smallest absolute Gasteiger partial charge is 0.0793 e. The van der Waals surface area contributed by atoms with Crippen LogP contribution in [0.25, 0.3) is 0 Å². The standard InChI is InChI=1S/C21H34N2O/c1-22(14-18-8-4-2-5-9-18)16-21(24)17-23(20-12-13-20)15-19-10-6-3-7-11-19/h2,4-5,8-9,19-21,24H,3,6-7,10-17H2,1H3. The summed E-state index contributed by atoms with van der Waals surface area (Å²) in [7, 11) is 2.11. The summed E-state index contributed by atoms with van der Waals surface area (Å²) < 4.78 is 0. The molecule has 1 aromatic rings. The maximum atomic E-state index is 10.6. The maximum absolute atomic E-state index is 10.6. The molecule has 2 aliphatic carbocycles. The Hall–Kier alpha value is -0.900. The van der Waals surface area contributed by atoms with Gasteiger partial charge in [-0.3, -0.25) is 9.80 Å². The average Bonchev–Trinajstić information content (AvgIpc) is 3.41. The zero-order chi connectivity index (χ0) is 16.8. The van der Waals surface area contributed by atoms with Crippen molar-refractivity contribution in [3.63, 3.8) is 0 Å². The molecule has 3 rings (SSSR count). The number of rotatable bonds is 9. The first-order valence-corrected chi connectivity index (χ1v) is 9.85. The van der Waals surface area contributed by atoms with E-state index in [9.17, 15) is 5.11 Å². The van der Waals surface area contributed by atoms with Crippen LogP contribution in [0.5, 0.6) is 0 Å². The van der Waals surface area contributed by atoms with Gasteiger partial charge in [0, 0.05) is 32.2 Å². The van der Waals surface area contributed by atoms with Crippen molar-refractivity contribution < 1.29 is 5.11 Å². The van der Waals surface area contributed by atoms with Gasteiger partial charge in [-0.05, 0) is 44.2 Å². The van der Waals surface area contributed by atoms with E-state index in [2.05, 4.69) is 47.2 Å². The van der Waals surface area contributed by atoms with Crippen molar-refractivity contribution in [2.24, 2.45) is 5.92 Å². The molecule has 2 fully saturated rings. The molecule has 2 aliphatic rings. The fourth-order valence-corrected chi connectivity index (χ4v) is 4.16. The number of nitrogens with zero attached hydrogens (tertiary/aromatic N) is 2. The summed E-state index contributed by atoms with van der Waals surface area (Å²) in [5, 5.41) is 10.6. The van der Waals surface area contributed by atoms with Crippen LogP contribution in [0.3, 0.4) is 0 Å². The van der Waals surface area contributed by atoms with Gasteiger partial charge < -0.3 is 5.11 Å². The molecule has 2 saturated carbocycles. The number of likely N-dealkylation sites (N-methyl/N-ethyl adjacent to an activating group) is 1. The highest BCUT2D eigenvalue weighted by Crippen LogP contribution is 2.31. The fourth-order valence-electron chi connectivity index (χ4n) is 4.16. The normalized spacial score (nSPS) is 20.7. The van der Waals surface area contributed by atoms with Gasteiger partial charge in [0.25, 0.3) is 0 Å². The molecule has 1 atom stereocenters. The SMILES string of the molecule is CN(Cc1ccccc1)CC(O)CN(CC1CCCCC1)C1CC1. The van der Waals surface area contributed by atoms with Gasteiger partial charge in [-0.1, -0.05) is 49.6 Å². The predicted octanol–water partition coefficient (Wildman–Crippen LogP) is 3.52. The maximum Gasteiger partial charge on any atom is 0.0793 e. The first-order chi connectivity index (χ1) is 11.7. The third-order valence-electron chi connectivity index (χ3n) is 5.54. The zero-order valence-corrected chi connectivity index (χ0v) is 15.2. The summed E-state index contributed by atoms with van der Waals surface area (Å²) in [6.07, 6.45) is 9.45. The molecule has 0 heterocycles. The number of aliphatic hydroxyl groups excluding tert-OH is 1. The van der Waals surface area contributed by atoms with Crippen molar-refractivity contribution in [3.8, 4) is 0 Å².